The minimum atomic E-state index is -0.859. The zero-order valence-corrected chi connectivity index (χ0v) is 15.6. The van der Waals surface area contributed by atoms with E-state index in [9.17, 15) is 4.79 Å². The number of carboxylic acids is 1. The van der Waals surface area contributed by atoms with E-state index in [1.165, 1.54) is 0 Å². The maximum Gasteiger partial charge on any atom is 0.304 e. The molecule has 0 saturated heterocycles. The van der Waals surface area contributed by atoms with E-state index in [1.807, 2.05) is 48.5 Å². The van der Waals surface area contributed by atoms with Gasteiger partial charge in [0.15, 0.2) is 0 Å². The summed E-state index contributed by atoms with van der Waals surface area (Å²) in [6.45, 7) is 2.16. The summed E-state index contributed by atoms with van der Waals surface area (Å²) in [4.78, 5) is 15.1. The van der Waals surface area contributed by atoms with Gasteiger partial charge in [-0.3, -0.25) is 9.78 Å². The number of benzene rings is 2. The van der Waals surface area contributed by atoms with Gasteiger partial charge in [0.2, 0.25) is 0 Å². The van der Waals surface area contributed by atoms with Crippen LogP contribution in [-0.4, -0.2) is 16.1 Å². The molecule has 1 heterocycles. The molecule has 0 amide bonds. The van der Waals surface area contributed by atoms with E-state index in [2.05, 4.69) is 29.0 Å². The molecule has 1 N–H and O–H groups in total. The quantitative estimate of drug-likeness (QED) is 0.600. The minimum absolute atomic E-state index is 0.0111. The lowest BCUT2D eigenvalue weighted by atomic mass is 9.96. The van der Waals surface area contributed by atoms with Gasteiger partial charge in [-0.1, -0.05) is 36.3 Å². The number of carboxylic acid groups (broad SMARTS) is 1. The van der Waals surface area contributed by atoms with Crippen LogP contribution in [0.2, 0.25) is 0 Å². The van der Waals surface area contributed by atoms with Crippen molar-refractivity contribution in [3.8, 4) is 28.7 Å². The first kappa shape index (κ1) is 19.2. The van der Waals surface area contributed by atoms with Gasteiger partial charge in [-0.05, 0) is 59.5 Å². The number of aromatic nitrogens is 1. The Morgan fingerprint density at radius 2 is 1.82 bits per heavy atom. The van der Waals surface area contributed by atoms with Crippen molar-refractivity contribution < 1.29 is 14.6 Å². The fourth-order valence-corrected chi connectivity index (χ4v) is 2.95. The van der Waals surface area contributed by atoms with Gasteiger partial charge in [-0.2, -0.15) is 0 Å². The van der Waals surface area contributed by atoms with Crippen molar-refractivity contribution in [3.05, 3.63) is 84.2 Å². The number of ether oxygens (including phenoxy) is 1. The molecular formula is C24H21NO3. The summed E-state index contributed by atoms with van der Waals surface area (Å²) < 4.78 is 5.89. The van der Waals surface area contributed by atoms with Gasteiger partial charge in [-0.15, -0.1) is 5.92 Å². The molecule has 0 saturated carbocycles. The second-order valence-electron chi connectivity index (χ2n) is 6.34. The molecule has 0 radical (unpaired) electrons. The van der Waals surface area contributed by atoms with E-state index in [1.54, 1.807) is 19.3 Å². The highest BCUT2D eigenvalue weighted by molar-refractivity contribution is 5.69. The molecule has 0 spiro atoms. The molecule has 28 heavy (non-hydrogen) atoms. The summed E-state index contributed by atoms with van der Waals surface area (Å²) in [5.74, 6) is 5.32. The Hall–Kier alpha value is -3.58. The molecule has 140 valence electrons. The molecular weight excluding hydrogens is 350 g/mol. The number of hydrogen-bond acceptors (Lipinski definition) is 3. The number of aliphatic carboxylic acids is 1. The van der Waals surface area contributed by atoms with Crippen molar-refractivity contribution in [2.45, 2.75) is 25.9 Å². The van der Waals surface area contributed by atoms with Crippen LogP contribution >= 0.6 is 0 Å². The van der Waals surface area contributed by atoms with E-state index in [0.29, 0.717) is 6.61 Å². The van der Waals surface area contributed by atoms with Crippen molar-refractivity contribution in [3.63, 3.8) is 0 Å². The predicted octanol–water partition coefficient (Wildman–Crippen LogP) is 4.91. The third-order valence-electron chi connectivity index (χ3n) is 4.33. The lowest BCUT2D eigenvalue weighted by molar-refractivity contribution is -0.137. The zero-order valence-electron chi connectivity index (χ0n) is 15.6. The van der Waals surface area contributed by atoms with Crippen molar-refractivity contribution >= 4 is 5.97 Å². The van der Waals surface area contributed by atoms with E-state index in [4.69, 9.17) is 9.84 Å². The van der Waals surface area contributed by atoms with Crippen LogP contribution in [0.25, 0.3) is 11.1 Å². The highest BCUT2D eigenvalue weighted by Gasteiger charge is 2.13. The lowest BCUT2D eigenvalue weighted by Gasteiger charge is -2.11. The van der Waals surface area contributed by atoms with Crippen molar-refractivity contribution in [2.75, 3.05) is 0 Å². The molecule has 1 unspecified atom stereocenters. The van der Waals surface area contributed by atoms with E-state index in [0.717, 1.165) is 28.0 Å². The molecule has 0 aliphatic carbocycles. The first-order chi connectivity index (χ1) is 13.7. The van der Waals surface area contributed by atoms with Crippen LogP contribution in [0.5, 0.6) is 5.75 Å². The van der Waals surface area contributed by atoms with Crippen LogP contribution in [-0.2, 0) is 11.4 Å². The third kappa shape index (κ3) is 5.21. The normalized spacial score (nSPS) is 11.2. The molecule has 1 aromatic heterocycles. The Balaban J connectivity index is 1.66. The fourth-order valence-electron chi connectivity index (χ4n) is 2.95. The molecule has 0 aliphatic rings. The van der Waals surface area contributed by atoms with Crippen molar-refractivity contribution in [1.82, 2.24) is 4.98 Å². The Labute approximate surface area is 164 Å². The Morgan fingerprint density at radius 3 is 2.50 bits per heavy atom. The molecule has 3 aromatic rings. The summed E-state index contributed by atoms with van der Waals surface area (Å²) in [6.07, 6.45) is 3.55. The second kappa shape index (κ2) is 9.38. The maximum atomic E-state index is 11.0. The monoisotopic (exact) mass is 371 g/mol. The van der Waals surface area contributed by atoms with Crippen molar-refractivity contribution in [1.29, 1.82) is 0 Å². The van der Waals surface area contributed by atoms with Crippen LogP contribution in [0.15, 0.2) is 73.1 Å². The summed E-state index contributed by atoms with van der Waals surface area (Å²) in [5.41, 5.74) is 4.18. The van der Waals surface area contributed by atoms with Gasteiger partial charge in [0, 0.05) is 12.4 Å². The number of rotatable bonds is 7. The zero-order chi connectivity index (χ0) is 19.8. The fraction of sp³-hybridized carbons (Fsp3) is 0.167. The standard InChI is InChI=1S/C24H21NO3/c1-2-4-21(16-24(26)27)19-7-9-23(10-8-19)28-17-18-5-3-6-22(15-18)20-11-13-25-14-12-20/h3,5-15,21H,16-17H2,1H3,(H,26,27). The van der Waals surface area contributed by atoms with Crippen LogP contribution in [0.3, 0.4) is 0 Å². The molecule has 1 atom stereocenters. The SMILES string of the molecule is CC#CC(CC(=O)O)c1ccc(OCc2cccc(-c3ccncc3)c2)cc1. The Bertz CT molecular complexity index is 986. The minimum Gasteiger partial charge on any atom is -0.489 e. The Kier molecular flexibility index (Phi) is 6.43. The molecule has 0 fully saturated rings. The van der Waals surface area contributed by atoms with Gasteiger partial charge in [-0.25, -0.2) is 0 Å². The topological polar surface area (TPSA) is 59.4 Å². The predicted molar refractivity (Wildman–Crippen MR) is 109 cm³/mol. The highest BCUT2D eigenvalue weighted by Crippen LogP contribution is 2.24. The van der Waals surface area contributed by atoms with Gasteiger partial charge >= 0.3 is 5.97 Å². The number of nitrogens with zero attached hydrogens (tertiary/aromatic N) is 1. The van der Waals surface area contributed by atoms with Crippen LogP contribution in [0.1, 0.15) is 30.4 Å². The summed E-state index contributed by atoms with van der Waals surface area (Å²) >= 11 is 0. The van der Waals surface area contributed by atoms with Crippen molar-refractivity contribution in [2.24, 2.45) is 0 Å². The highest BCUT2D eigenvalue weighted by atomic mass is 16.5. The number of carbonyl (C=O) groups is 1. The third-order valence-corrected chi connectivity index (χ3v) is 4.33. The number of pyridine rings is 1. The number of hydrogen-bond donors (Lipinski definition) is 1. The molecule has 4 nitrogen and oxygen atoms in total. The largest absolute Gasteiger partial charge is 0.489 e. The van der Waals surface area contributed by atoms with E-state index >= 15 is 0 Å². The van der Waals surface area contributed by atoms with E-state index in [-0.39, 0.29) is 12.3 Å². The first-order valence-corrected chi connectivity index (χ1v) is 9.02. The maximum absolute atomic E-state index is 11.0. The van der Waals surface area contributed by atoms with Gasteiger partial charge < -0.3 is 9.84 Å². The lowest BCUT2D eigenvalue weighted by Crippen LogP contribution is -2.04. The van der Waals surface area contributed by atoms with Crippen LogP contribution in [0, 0.1) is 11.8 Å². The van der Waals surface area contributed by atoms with Gasteiger partial charge in [0.1, 0.15) is 12.4 Å². The smallest absolute Gasteiger partial charge is 0.304 e. The average molecular weight is 371 g/mol. The summed E-state index contributed by atoms with van der Waals surface area (Å²) in [5, 5.41) is 9.05. The summed E-state index contributed by atoms with van der Waals surface area (Å²) in [6, 6.07) is 19.6. The molecule has 0 aliphatic heterocycles. The summed E-state index contributed by atoms with van der Waals surface area (Å²) in [7, 11) is 0. The molecule has 0 bridgehead atoms. The first-order valence-electron chi connectivity index (χ1n) is 9.02. The Morgan fingerprint density at radius 1 is 1.07 bits per heavy atom. The van der Waals surface area contributed by atoms with Gasteiger partial charge in [0.25, 0.3) is 0 Å². The van der Waals surface area contributed by atoms with E-state index < -0.39 is 5.97 Å². The van der Waals surface area contributed by atoms with Crippen LogP contribution in [0.4, 0.5) is 0 Å². The van der Waals surface area contributed by atoms with Crippen LogP contribution < -0.4 is 4.74 Å². The second-order valence-corrected chi connectivity index (χ2v) is 6.34. The molecule has 3 rings (SSSR count). The average Bonchev–Trinajstić information content (AvgIpc) is 2.73. The molecule has 2 aromatic carbocycles. The molecule has 4 heteroatoms. The van der Waals surface area contributed by atoms with Gasteiger partial charge in [0.05, 0.1) is 12.3 Å².